The molecule has 0 spiro atoms. The van der Waals surface area contributed by atoms with Crippen molar-refractivity contribution in [2.24, 2.45) is 0 Å². The highest BCUT2D eigenvalue weighted by Crippen LogP contribution is 2.46. The Labute approximate surface area is 311 Å². The molecule has 0 N–H and O–H groups in total. The van der Waals surface area contributed by atoms with E-state index in [1.807, 2.05) is 0 Å². The van der Waals surface area contributed by atoms with Crippen molar-refractivity contribution >= 4 is 82.1 Å². The summed E-state index contributed by atoms with van der Waals surface area (Å²) in [5.41, 5.74) is 11.4. The number of benzene rings is 9. The van der Waals surface area contributed by atoms with Crippen LogP contribution in [0.3, 0.4) is 0 Å². The normalized spacial score (nSPS) is 13.0. The van der Waals surface area contributed by atoms with Gasteiger partial charge in [-0.1, -0.05) is 115 Å². The molecule has 11 aromatic rings. The minimum absolute atomic E-state index is 0.897. The zero-order chi connectivity index (χ0) is 35.3. The Morgan fingerprint density at radius 1 is 0.370 bits per heavy atom. The minimum Gasteiger partial charge on any atom is -0.456 e. The minimum atomic E-state index is 0.897. The van der Waals surface area contributed by atoms with E-state index in [4.69, 9.17) is 8.83 Å². The summed E-state index contributed by atoms with van der Waals surface area (Å²) in [6, 6.07) is 57.6. The fourth-order valence-corrected chi connectivity index (χ4v) is 9.28. The first-order valence-corrected chi connectivity index (χ1v) is 18.8. The first-order chi connectivity index (χ1) is 26.8. The third-order valence-electron chi connectivity index (χ3n) is 11.7. The molecule has 2 heterocycles. The molecule has 1 aliphatic rings. The van der Waals surface area contributed by atoms with Crippen molar-refractivity contribution in [1.82, 2.24) is 0 Å². The molecular formula is C52H32O2. The van der Waals surface area contributed by atoms with Gasteiger partial charge in [0.1, 0.15) is 22.5 Å². The van der Waals surface area contributed by atoms with Crippen LogP contribution in [0, 0.1) is 0 Å². The van der Waals surface area contributed by atoms with Crippen LogP contribution < -0.4 is 0 Å². The van der Waals surface area contributed by atoms with E-state index in [-0.39, 0.29) is 0 Å². The molecule has 9 aromatic carbocycles. The molecule has 0 saturated carbocycles. The lowest BCUT2D eigenvalue weighted by Gasteiger charge is -2.18. The van der Waals surface area contributed by atoms with Crippen molar-refractivity contribution in [2.75, 3.05) is 0 Å². The number of aryl methyl sites for hydroxylation is 1. The lowest BCUT2D eigenvalue weighted by Crippen LogP contribution is -1.91. The lowest BCUT2D eigenvalue weighted by atomic mass is 9.85. The Morgan fingerprint density at radius 2 is 0.926 bits per heavy atom. The predicted octanol–water partition coefficient (Wildman–Crippen LogP) is 14.9. The molecule has 0 radical (unpaired) electrons. The summed E-state index contributed by atoms with van der Waals surface area (Å²) in [6.07, 6.45) is 6.38. The molecule has 2 aromatic heterocycles. The molecule has 0 unspecified atom stereocenters. The van der Waals surface area contributed by atoms with Crippen LogP contribution >= 0.6 is 0 Å². The van der Waals surface area contributed by atoms with Gasteiger partial charge in [0, 0.05) is 21.7 Å². The molecular weight excluding hydrogens is 657 g/mol. The molecule has 0 amide bonds. The van der Waals surface area contributed by atoms with Crippen molar-refractivity contribution in [1.29, 1.82) is 0 Å². The van der Waals surface area contributed by atoms with Gasteiger partial charge in [-0.25, -0.2) is 0 Å². The van der Waals surface area contributed by atoms with Crippen LogP contribution in [0.1, 0.15) is 17.7 Å². The van der Waals surface area contributed by atoms with Gasteiger partial charge in [-0.2, -0.15) is 0 Å². The summed E-state index contributed by atoms with van der Waals surface area (Å²) >= 11 is 0. The fraction of sp³-hybridized carbons (Fsp3) is 0.0385. The maximum Gasteiger partial charge on any atom is 0.136 e. The fourth-order valence-electron chi connectivity index (χ4n) is 9.28. The Morgan fingerprint density at radius 3 is 1.63 bits per heavy atom. The van der Waals surface area contributed by atoms with E-state index in [2.05, 4.69) is 170 Å². The van der Waals surface area contributed by atoms with Crippen LogP contribution in [-0.4, -0.2) is 0 Å². The SMILES string of the molecule is C1=Cc2oc3ccc4c(ccc5oc6cc(-c7c8ccccc8c(-c8ccc9cc(-c%10ccccc%10)ccc9c8)c8ccccc78)ccc6c54)c3c2CC1. The maximum atomic E-state index is 6.69. The van der Waals surface area contributed by atoms with Crippen LogP contribution in [0.25, 0.3) is 115 Å². The number of fused-ring (bicyclic) bond motifs is 12. The molecule has 0 aliphatic heterocycles. The van der Waals surface area contributed by atoms with Crippen LogP contribution in [0.15, 0.2) is 173 Å². The van der Waals surface area contributed by atoms with Gasteiger partial charge in [0.15, 0.2) is 0 Å². The van der Waals surface area contributed by atoms with E-state index in [0.717, 1.165) is 51.7 Å². The predicted molar refractivity (Wildman–Crippen MR) is 227 cm³/mol. The third kappa shape index (κ3) is 4.28. The zero-order valence-corrected chi connectivity index (χ0v) is 29.4. The quantitative estimate of drug-likeness (QED) is 0.173. The van der Waals surface area contributed by atoms with Crippen molar-refractivity contribution in [3.05, 3.63) is 175 Å². The Balaban J connectivity index is 1.05. The smallest absolute Gasteiger partial charge is 0.136 e. The van der Waals surface area contributed by atoms with E-state index in [1.54, 1.807) is 0 Å². The van der Waals surface area contributed by atoms with Gasteiger partial charge in [0.25, 0.3) is 0 Å². The maximum absolute atomic E-state index is 6.69. The molecule has 12 rings (SSSR count). The molecule has 0 bridgehead atoms. The molecule has 54 heavy (non-hydrogen) atoms. The second kappa shape index (κ2) is 11.3. The van der Waals surface area contributed by atoms with Gasteiger partial charge >= 0.3 is 0 Å². The Bertz CT molecular complexity index is 3320. The van der Waals surface area contributed by atoms with E-state index >= 15 is 0 Å². The summed E-state index contributed by atoms with van der Waals surface area (Å²) in [5, 5.41) is 13.4. The second-order valence-electron chi connectivity index (χ2n) is 14.7. The first-order valence-electron chi connectivity index (χ1n) is 18.8. The average molecular weight is 689 g/mol. The summed E-state index contributed by atoms with van der Waals surface area (Å²) < 4.78 is 13.0. The van der Waals surface area contributed by atoms with Gasteiger partial charge in [-0.05, 0) is 144 Å². The highest BCUT2D eigenvalue weighted by atomic mass is 16.3. The number of allylic oxidation sites excluding steroid dienone is 1. The second-order valence-corrected chi connectivity index (χ2v) is 14.7. The van der Waals surface area contributed by atoms with E-state index in [9.17, 15) is 0 Å². The van der Waals surface area contributed by atoms with E-state index < -0.39 is 0 Å². The van der Waals surface area contributed by atoms with Gasteiger partial charge in [0.2, 0.25) is 0 Å². The average Bonchev–Trinajstić information content (AvgIpc) is 3.81. The zero-order valence-electron chi connectivity index (χ0n) is 29.4. The van der Waals surface area contributed by atoms with E-state index in [1.165, 1.54) is 81.9 Å². The van der Waals surface area contributed by atoms with Crippen LogP contribution in [0.2, 0.25) is 0 Å². The summed E-state index contributed by atoms with van der Waals surface area (Å²) in [4.78, 5) is 0. The standard InChI is InChI=1S/C52H32O2/c1-2-10-31(11-3-1)32-18-19-34-29-35(21-20-33(34)28-32)49-37-12-4-6-14-39(37)50(40-15-7-5-13-38(40)49)36-22-23-44-48(30-36)54-47-27-25-41-42(52(44)47)24-26-46-51(41)43-16-8-9-17-45(43)53-46/h1-7,9-15,17-30H,8,16H2. The van der Waals surface area contributed by atoms with Crippen molar-refractivity contribution in [3.63, 3.8) is 0 Å². The van der Waals surface area contributed by atoms with Crippen LogP contribution in [0.5, 0.6) is 0 Å². The highest BCUT2D eigenvalue weighted by molar-refractivity contribution is 6.26. The van der Waals surface area contributed by atoms with Crippen molar-refractivity contribution in [3.8, 4) is 33.4 Å². The molecule has 2 nitrogen and oxygen atoms in total. The van der Waals surface area contributed by atoms with E-state index in [0.29, 0.717) is 0 Å². The molecule has 252 valence electrons. The van der Waals surface area contributed by atoms with Gasteiger partial charge in [-0.3, -0.25) is 0 Å². The number of rotatable bonds is 3. The first kappa shape index (κ1) is 29.7. The topological polar surface area (TPSA) is 26.3 Å². The van der Waals surface area contributed by atoms with Crippen LogP contribution in [0.4, 0.5) is 0 Å². The third-order valence-corrected chi connectivity index (χ3v) is 11.7. The van der Waals surface area contributed by atoms with Crippen molar-refractivity contribution < 1.29 is 8.83 Å². The van der Waals surface area contributed by atoms with Gasteiger partial charge in [0.05, 0.1) is 0 Å². The summed E-state index contributed by atoms with van der Waals surface area (Å²) in [5.74, 6) is 0.994. The summed E-state index contributed by atoms with van der Waals surface area (Å²) in [7, 11) is 0. The largest absolute Gasteiger partial charge is 0.456 e. The molecule has 0 saturated heterocycles. The molecule has 1 aliphatic carbocycles. The molecule has 2 heteroatoms. The van der Waals surface area contributed by atoms with Gasteiger partial charge < -0.3 is 8.83 Å². The number of hydrogen-bond donors (Lipinski definition) is 0. The Hall–Kier alpha value is -6.90. The lowest BCUT2D eigenvalue weighted by molar-refractivity contribution is 0.595. The van der Waals surface area contributed by atoms with Crippen LogP contribution in [-0.2, 0) is 6.42 Å². The monoisotopic (exact) mass is 688 g/mol. The number of furan rings is 2. The van der Waals surface area contributed by atoms with Crippen molar-refractivity contribution in [2.45, 2.75) is 12.8 Å². The molecule has 0 fully saturated rings. The Kier molecular flexibility index (Phi) is 6.20. The number of hydrogen-bond acceptors (Lipinski definition) is 2. The van der Waals surface area contributed by atoms with Gasteiger partial charge in [-0.15, -0.1) is 0 Å². The highest BCUT2D eigenvalue weighted by Gasteiger charge is 2.21. The molecule has 0 atom stereocenters. The summed E-state index contributed by atoms with van der Waals surface area (Å²) in [6.45, 7) is 0.